The van der Waals surface area contributed by atoms with Gasteiger partial charge in [-0.05, 0) is 60.0 Å². The van der Waals surface area contributed by atoms with Crippen LogP contribution in [-0.4, -0.2) is 24.5 Å². The molecule has 5 aromatic carbocycles. The summed E-state index contributed by atoms with van der Waals surface area (Å²) in [7, 11) is 0. The van der Waals surface area contributed by atoms with E-state index < -0.39 is 0 Å². The fourth-order valence-electron chi connectivity index (χ4n) is 5.93. The van der Waals surface area contributed by atoms with Gasteiger partial charge < -0.3 is 4.57 Å². The van der Waals surface area contributed by atoms with Gasteiger partial charge in [-0.25, -0.2) is 15.0 Å². The number of fused-ring (bicyclic) bond motifs is 3. The predicted molar refractivity (Wildman–Crippen MR) is 178 cm³/mol. The lowest BCUT2D eigenvalue weighted by atomic mass is 9.99. The summed E-state index contributed by atoms with van der Waals surface area (Å²) >= 11 is 0. The van der Waals surface area contributed by atoms with E-state index in [1.54, 1.807) is 0 Å². The molecular formula is C39H27N5. The van der Waals surface area contributed by atoms with Gasteiger partial charge in [0.1, 0.15) is 0 Å². The van der Waals surface area contributed by atoms with Gasteiger partial charge in [-0.15, -0.1) is 0 Å². The van der Waals surface area contributed by atoms with E-state index in [9.17, 15) is 0 Å². The maximum absolute atomic E-state index is 5.10. The highest BCUT2D eigenvalue weighted by molar-refractivity contribution is 6.09. The molecule has 0 unspecified atom stereocenters. The fraction of sp³-hybridized carbons (Fsp3) is 0.0256. The summed E-state index contributed by atoms with van der Waals surface area (Å²) in [5.41, 5.74) is 9.44. The molecule has 0 N–H and O–H groups in total. The van der Waals surface area contributed by atoms with Crippen LogP contribution in [0, 0.1) is 6.92 Å². The van der Waals surface area contributed by atoms with Crippen LogP contribution >= 0.6 is 0 Å². The van der Waals surface area contributed by atoms with Crippen LogP contribution in [0.2, 0.25) is 0 Å². The van der Waals surface area contributed by atoms with Gasteiger partial charge in [0.05, 0.1) is 11.0 Å². The zero-order chi connectivity index (χ0) is 29.5. The summed E-state index contributed by atoms with van der Waals surface area (Å²) in [6, 6.07) is 46.0. The number of para-hydroxylation sites is 1. The topological polar surface area (TPSA) is 56.5 Å². The van der Waals surface area contributed by atoms with Gasteiger partial charge >= 0.3 is 0 Å². The average Bonchev–Trinajstić information content (AvgIpc) is 3.42. The Morgan fingerprint density at radius 3 is 1.77 bits per heavy atom. The predicted octanol–water partition coefficient (Wildman–Crippen LogP) is 9.34. The Morgan fingerprint density at radius 1 is 0.455 bits per heavy atom. The molecule has 0 bridgehead atoms. The largest absolute Gasteiger partial charge is 0.309 e. The van der Waals surface area contributed by atoms with E-state index in [-0.39, 0.29) is 0 Å². The van der Waals surface area contributed by atoms with Gasteiger partial charge in [0, 0.05) is 45.5 Å². The Balaban J connectivity index is 1.43. The summed E-state index contributed by atoms with van der Waals surface area (Å²) in [4.78, 5) is 19.4. The third-order valence-corrected chi connectivity index (χ3v) is 8.02. The molecule has 44 heavy (non-hydrogen) atoms. The first-order valence-electron chi connectivity index (χ1n) is 14.6. The lowest BCUT2D eigenvalue weighted by molar-refractivity contribution is 1.07. The van der Waals surface area contributed by atoms with Crippen LogP contribution < -0.4 is 0 Å². The molecule has 8 aromatic rings. The van der Waals surface area contributed by atoms with Crippen LogP contribution in [0.5, 0.6) is 0 Å². The first kappa shape index (κ1) is 25.7. The molecule has 3 aromatic heterocycles. The van der Waals surface area contributed by atoms with Crippen LogP contribution in [0.25, 0.3) is 72.8 Å². The highest BCUT2D eigenvalue weighted by Crippen LogP contribution is 2.37. The van der Waals surface area contributed by atoms with Crippen molar-refractivity contribution in [2.45, 2.75) is 6.92 Å². The summed E-state index contributed by atoms with van der Waals surface area (Å²) in [6.45, 7) is 2.14. The van der Waals surface area contributed by atoms with Crippen molar-refractivity contribution in [2.75, 3.05) is 0 Å². The number of rotatable bonds is 5. The van der Waals surface area contributed by atoms with Gasteiger partial charge in [-0.2, -0.15) is 0 Å². The molecule has 0 amide bonds. The van der Waals surface area contributed by atoms with Crippen LogP contribution in [0.1, 0.15) is 5.56 Å². The highest BCUT2D eigenvalue weighted by atomic mass is 15.0. The maximum atomic E-state index is 5.10. The van der Waals surface area contributed by atoms with Crippen LogP contribution in [0.3, 0.4) is 0 Å². The SMILES string of the molecule is Cc1ccc2c3ccccc3n(-c3ccc(-c4ccncc4)c(-c4nc(-c5ccccc5)nc(-c5ccccc5)n4)c3)c2c1. The smallest absolute Gasteiger partial charge is 0.164 e. The van der Waals surface area contributed by atoms with E-state index in [1.807, 2.05) is 85.2 Å². The Morgan fingerprint density at radius 2 is 1.07 bits per heavy atom. The molecule has 0 radical (unpaired) electrons. The first-order chi connectivity index (χ1) is 21.7. The van der Waals surface area contributed by atoms with Crippen molar-refractivity contribution in [1.29, 1.82) is 0 Å². The second kappa shape index (κ2) is 10.7. The molecule has 0 aliphatic rings. The van der Waals surface area contributed by atoms with Gasteiger partial charge in [0.2, 0.25) is 0 Å². The molecule has 208 valence electrons. The summed E-state index contributed by atoms with van der Waals surface area (Å²) in [5.74, 6) is 1.88. The molecule has 0 saturated heterocycles. The normalized spacial score (nSPS) is 11.3. The van der Waals surface area contributed by atoms with Crippen LogP contribution in [0.15, 0.2) is 146 Å². The molecule has 0 spiro atoms. The third-order valence-electron chi connectivity index (χ3n) is 8.02. The van der Waals surface area contributed by atoms with E-state index in [4.69, 9.17) is 15.0 Å². The zero-order valence-electron chi connectivity index (χ0n) is 24.1. The van der Waals surface area contributed by atoms with Crippen LogP contribution in [-0.2, 0) is 0 Å². The van der Waals surface area contributed by atoms with E-state index in [2.05, 4.69) is 77.1 Å². The molecule has 0 saturated carbocycles. The van der Waals surface area contributed by atoms with Gasteiger partial charge in [0.25, 0.3) is 0 Å². The average molecular weight is 566 g/mol. The van der Waals surface area contributed by atoms with Crippen molar-refractivity contribution in [2.24, 2.45) is 0 Å². The number of nitrogens with zero attached hydrogens (tertiary/aromatic N) is 5. The molecular weight excluding hydrogens is 538 g/mol. The van der Waals surface area contributed by atoms with Crippen molar-refractivity contribution < 1.29 is 0 Å². The van der Waals surface area contributed by atoms with Gasteiger partial charge in [0.15, 0.2) is 17.5 Å². The number of hydrogen-bond acceptors (Lipinski definition) is 4. The Kier molecular flexibility index (Phi) is 6.27. The molecule has 5 heteroatoms. The monoisotopic (exact) mass is 565 g/mol. The lowest BCUT2D eigenvalue weighted by Gasteiger charge is -2.15. The quantitative estimate of drug-likeness (QED) is 0.209. The lowest BCUT2D eigenvalue weighted by Crippen LogP contribution is -2.02. The molecule has 0 aliphatic heterocycles. The minimum absolute atomic E-state index is 0.614. The minimum Gasteiger partial charge on any atom is -0.309 e. The number of pyridine rings is 1. The minimum atomic E-state index is 0.614. The zero-order valence-corrected chi connectivity index (χ0v) is 24.1. The molecule has 0 atom stereocenters. The molecule has 0 fully saturated rings. The van der Waals surface area contributed by atoms with Crippen molar-refractivity contribution in [3.63, 3.8) is 0 Å². The summed E-state index contributed by atoms with van der Waals surface area (Å²) < 4.78 is 2.34. The highest BCUT2D eigenvalue weighted by Gasteiger charge is 2.19. The van der Waals surface area contributed by atoms with Crippen molar-refractivity contribution in [3.8, 4) is 51.0 Å². The maximum Gasteiger partial charge on any atom is 0.164 e. The van der Waals surface area contributed by atoms with E-state index in [0.717, 1.165) is 39.0 Å². The Hall–Kier alpha value is -5.94. The Bertz CT molecular complexity index is 2220. The summed E-state index contributed by atoms with van der Waals surface area (Å²) in [6.07, 6.45) is 3.64. The van der Waals surface area contributed by atoms with E-state index in [0.29, 0.717) is 17.5 Å². The fourth-order valence-corrected chi connectivity index (χ4v) is 5.93. The van der Waals surface area contributed by atoms with E-state index >= 15 is 0 Å². The first-order valence-corrected chi connectivity index (χ1v) is 14.6. The van der Waals surface area contributed by atoms with Crippen molar-refractivity contribution in [1.82, 2.24) is 24.5 Å². The van der Waals surface area contributed by atoms with E-state index in [1.165, 1.54) is 21.9 Å². The molecule has 8 rings (SSSR count). The number of benzene rings is 5. The second-order valence-corrected chi connectivity index (χ2v) is 10.9. The van der Waals surface area contributed by atoms with Crippen molar-refractivity contribution >= 4 is 21.8 Å². The van der Waals surface area contributed by atoms with Crippen molar-refractivity contribution in [3.05, 3.63) is 151 Å². The molecule has 0 aliphatic carbocycles. The summed E-state index contributed by atoms with van der Waals surface area (Å²) in [5, 5.41) is 2.45. The van der Waals surface area contributed by atoms with Gasteiger partial charge in [-0.3, -0.25) is 4.98 Å². The number of aromatic nitrogens is 5. The molecule has 5 nitrogen and oxygen atoms in total. The Labute approximate surface area is 255 Å². The second-order valence-electron chi connectivity index (χ2n) is 10.9. The van der Waals surface area contributed by atoms with Crippen LogP contribution in [0.4, 0.5) is 0 Å². The molecule has 3 heterocycles. The standard InChI is InChI=1S/C39H27N5/c1-26-16-18-33-32-14-8-9-15-35(32)44(36(33)24-26)30-17-19-31(27-20-22-40-23-21-27)34(25-30)39-42-37(28-10-4-2-5-11-28)41-38(43-39)29-12-6-3-7-13-29/h2-25H,1H3. The number of aryl methyl sites for hydroxylation is 1. The number of hydrogen-bond donors (Lipinski definition) is 0. The third kappa shape index (κ3) is 4.52. The van der Waals surface area contributed by atoms with Gasteiger partial charge in [-0.1, -0.05) is 97.1 Å².